The number of rotatable bonds is 2. The lowest BCUT2D eigenvalue weighted by Gasteiger charge is -2.18. The maximum Gasteiger partial charge on any atom is 0.248 e. The van der Waals surface area contributed by atoms with Crippen molar-refractivity contribution < 1.29 is 4.79 Å². The molecule has 0 aromatic carbocycles. The number of nitrogens with zero attached hydrogens (tertiary/aromatic N) is 1. The normalized spacial score (nSPS) is 22.6. The van der Waals surface area contributed by atoms with Crippen LogP contribution < -0.4 is 11.3 Å². The van der Waals surface area contributed by atoms with Gasteiger partial charge < -0.3 is 0 Å². The Morgan fingerprint density at radius 2 is 2.33 bits per heavy atom. The molecule has 12 heavy (non-hydrogen) atoms. The molecular weight excluding hydrogens is 154 g/mol. The first kappa shape index (κ1) is 9.48. The number of likely N-dealkylation sites (tertiary alicyclic amines) is 1. The summed E-state index contributed by atoms with van der Waals surface area (Å²) >= 11 is 0. The molecule has 1 fully saturated rings. The maximum absolute atomic E-state index is 10.9. The Bertz CT molecular complexity index is 179. The Labute approximate surface area is 73.1 Å². The predicted molar refractivity (Wildman–Crippen MR) is 47.2 cm³/mol. The molecule has 0 spiro atoms. The van der Waals surface area contributed by atoms with Crippen LogP contribution in [-0.2, 0) is 4.79 Å². The molecule has 70 valence electrons. The number of nitrogens with one attached hydrogen (secondary N) is 1. The summed E-state index contributed by atoms with van der Waals surface area (Å²) in [7, 11) is 0. The minimum atomic E-state index is -0.104. The summed E-state index contributed by atoms with van der Waals surface area (Å²) in [4.78, 5) is 13.0. The van der Waals surface area contributed by atoms with Gasteiger partial charge in [0.05, 0.1) is 6.54 Å². The van der Waals surface area contributed by atoms with Crippen LogP contribution in [0.1, 0.15) is 20.3 Å². The third kappa shape index (κ3) is 2.46. The van der Waals surface area contributed by atoms with Gasteiger partial charge in [-0.15, -0.1) is 0 Å². The number of nitrogens with two attached hydrogens (primary N) is 1. The molecule has 0 atom stereocenters. The highest BCUT2D eigenvalue weighted by Crippen LogP contribution is 2.28. The van der Waals surface area contributed by atoms with Gasteiger partial charge in [0.15, 0.2) is 0 Å². The topological polar surface area (TPSA) is 58.4 Å². The van der Waals surface area contributed by atoms with Crippen LogP contribution in [0.15, 0.2) is 0 Å². The first-order chi connectivity index (χ1) is 5.53. The van der Waals surface area contributed by atoms with Gasteiger partial charge >= 0.3 is 0 Å². The van der Waals surface area contributed by atoms with Gasteiger partial charge in [-0.3, -0.25) is 15.1 Å². The van der Waals surface area contributed by atoms with Crippen molar-refractivity contribution in [3.05, 3.63) is 0 Å². The van der Waals surface area contributed by atoms with Crippen LogP contribution in [0.25, 0.3) is 0 Å². The monoisotopic (exact) mass is 171 g/mol. The number of hydrogen-bond donors (Lipinski definition) is 2. The third-order valence-corrected chi connectivity index (χ3v) is 2.28. The molecule has 1 heterocycles. The lowest BCUT2D eigenvalue weighted by molar-refractivity contribution is -0.122. The first-order valence-corrected chi connectivity index (χ1v) is 4.25. The molecule has 0 bridgehead atoms. The number of carbonyl (C=O) groups is 1. The molecule has 0 aromatic heterocycles. The minimum absolute atomic E-state index is 0.104. The third-order valence-electron chi connectivity index (χ3n) is 2.28. The first-order valence-electron chi connectivity index (χ1n) is 4.25. The van der Waals surface area contributed by atoms with Crippen LogP contribution in [0.3, 0.4) is 0 Å². The predicted octanol–water partition coefficient (Wildman–Crippen LogP) is -0.292. The van der Waals surface area contributed by atoms with Gasteiger partial charge in [0.25, 0.3) is 0 Å². The zero-order valence-corrected chi connectivity index (χ0v) is 7.76. The molecule has 0 aromatic rings. The van der Waals surface area contributed by atoms with E-state index in [9.17, 15) is 4.79 Å². The van der Waals surface area contributed by atoms with Crippen LogP contribution >= 0.6 is 0 Å². The standard InChI is InChI=1S/C8H17N3O/c1-8(2)3-4-11(6-8)5-7(12)10-9/h3-6,9H2,1-2H3,(H,10,12). The van der Waals surface area contributed by atoms with E-state index in [1.54, 1.807) is 0 Å². The molecular formula is C8H17N3O. The van der Waals surface area contributed by atoms with Crippen molar-refractivity contribution in [3.63, 3.8) is 0 Å². The Morgan fingerprint density at radius 1 is 1.67 bits per heavy atom. The van der Waals surface area contributed by atoms with Gasteiger partial charge in [-0.2, -0.15) is 0 Å². The number of hydrazine groups is 1. The van der Waals surface area contributed by atoms with Gasteiger partial charge in [0, 0.05) is 6.54 Å². The van der Waals surface area contributed by atoms with Gasteiger partial charge in [0.2, 0.25) is 5.91 Å². The fourth-order valence-corrected chi connectivity index (χ4v) is 1.61. The van der Waals surface area contributed by atoms with Crippen LogP contribution in [0.2, 0.25) is 0 Å². The summed E-state index contributed by atoms with van der Waals surface area (Å²) in [5, 5.41) is 0. The summed E-state index contributed by atoms with van der Waals surface area (Å²) in [6, 6.07) is 0. The van der Waals surface area contributed by atoms with E-state index in [0.29, 0.717) is 12.0 Å². The molecule has 1 amide bonds. The molecule has 4 heteroatoms. The molecule has 0 unspecified atom stereocenters. The fraction of sp³-hybridized carbons (Fsp3) is 0.875. The van der Waals surface area contributed by atoms with Crippen molar-refractivity contribution in [3.8, 4) is 0 Å². The lowest BCUT2D eigenvalue weighted by Crippen LogP contribution is -2.39. The Morgan fingerprint density at radius 3 is 2.75 bits per heavy atom. The van der Waals surface area contributed by atoms with E-state index in [4.69, 9.17) is 5.84 Å². The van der Waals surface area contributed by atoms with Crippen molar-refractivity contribution in [2.75, 3.05) is 19.6 Å². The van der Waals surface area contributed by atoms with Crippen LogP contribution in [0.5, 0.6) is 0 Å². The highest BCUT2D eigenvalue weighted by Gasteiger charge is 2.29. The summed E-state index contributed by atoms with van der Waals surface area (Å²) in [6.07, 6.45) is 1.16. The largest absolute Gasteiger partial charge is 0.294 e. The Hall–Kier alpha value is -0.610. The average Bonchev–Trinajstić information content (AvgIpc) is 2.30. The SMILES string of the molecule is CC1(C)CCN(CC(=O)NN)C1. The number of amides is 1. The molecule has 3 N–H and O–H groups in total. The highest BCUT2D eigenvalue weighted by atomic mass is 16.2. The van der Waals surface area contributed by atoms with Crippen molar-refractivity contribution in [1.29, 1.82) is 0 Å². The highest BCUT2D eigenvalue weighted by molar-refractivity contribution is 5.77. The average molecular weight is 171 g/mol. The van der Waals surface area contributed by atoms with Gasteiger partial charge in [-0.05, 0) is 18.4 Å². The molecule has 4 nitrogen and oxygen atoms in total. The second-order valence-electron chi connectivity index (χ2n) is 4.19. The molecule has 1 aliphatic rings. The van der Waals surface area contributed by atoms with Crippen LogP contribution in [0.4, 0.5) is 0 Å². The number of carbonyl (C=O) groups excluding carboxylic acids is 1. The molecule has 1 saturated heterocycles. The van der Waals surface area contributed by atoms with Gasteiger partial charge in [-0.25, -0.2) is 5.84 Å². The summed E-state index contributed by atoms with van der Waals surface area (Å²) in [6.45, 7) is 6.85. The molecule has 0 radical (unpaired) electrons. The Kier molecular flexibility index (Phi) is 2.69. The zero-order valence-electron chi connectivity index (χ0n) is 7.76. The van der Waals surface area contributed by atoms with Crippen LogP contribution in [0, 0.1) is 5.41 Å². The van der Waals surface area contributed by atoms with E-state index in [1.165, 1.54) is 0 Å². The van der Waals surface area contributed by atoms with E-state index in [0.717, 1.165) is 19.5 Å². The fourth-order valence-electron chi connectivity index (χ4n) is 1.61. The molecule has 0 saturated carbocycles. The van der Waals surface area contributed by atoms with Crippen molar-refractivity contribution >= 4 is 5.91 Å². The second kappa shape index (κ2) is 3.41. The van der Waals surface area contributed by atoms with Gasteiger partial charge in [0.1, 0.15) is 0 Å². The van der Waals surface area contributed by atoms with Crippen molar-refractivity contribution in [1.82, 2.24) is 10.3 Å². The smallest absolute Gasteiger partial charge is 0.248 e. The van der Waals surface area contributed by atoms with Gasteiger partial charge in [-0.1, -0.05) is 13.8 Å². The quantitative estimate of drug-likeness (QED) is 0.341. The minimum Gasteiger partial charge on any atom is -0.294 e. The van der Waals surface area contributed by atoms with E-state index in [1.807, 2.05) is 0 Å². The van der Waals surface area contributed by atoms with Crippen molar-refractivity contribution in [2.24, 2.45) is 11.3 Å². The molecule has 0 aliphatic carbocycles. The van der Waals surface area contributed by atoms with E-state index in [2.05, 4.69) is 24.2 Å². The second-order valence-corrected chi connectivity index (χ2v) is 4.19. The Balaban J connectivity index is 2.33. The summed E-state index contributed by atoms with van der Waals surface area (Å²) in [5.41, 5.74) is 2.49. The summed E-state index contributed by atoms with van der Waals surface area (Å²) in [5.74, 6) is 4.89. The zero-order chi connectivity index (χ0) is 9.19. The van der Waals surface area contributed by atoms with Crippen LogP contribution in [-0.4, -0.2) is 30.4 Å². The van der Waals surface area contributed by atoms with E-state index >= 15 is 0 Å². The van der Waals surface area contributed by atoms with E-state index < -0.39 is 0 Å². The lowest BCUT2D eigenvalue weighted by atomic mass is 9.93. The molecule has 1 aliphatic heterocycles. The number of hydrogen-bond acceptors (Lipinski definition) is 3. The summed E-state index contributed by atoms with van der Waals surface area (Å²) < 4.78 is 0. The van der Waals surface area contributed by atoms with E-state index in [-0.39, 0.29) is 5.91 Å². The molecule has 1 rings (SSSR count). The maximum atomic E-state index is 10.9. The van der Waals surface area contributed by atoms with Crippen molar-refractivity contribution in [2.45, 2.75) is 20.3 Å².